The molecule has 4 nitrogen and oxygen atoms in total. The highest BCUT2D eigenvalue weighted by Gasteiger charge is 2.32. The second-order valence-electron chi connectivity index (χ2n) is 1.71. The molecule has 2 fully saturated rings. The molecule has 0 aromatic heterocycles. The van der Waals surface area contributed by atoms with Gasteiger partial charge in [-0.2, -0.15) is 9.78 Å². The highest BCUT2D eigenvalue weighted by Crippen LogP contribution is 2.21. The van der Waals surface area contributed by atoms with Gasteiger partial charge in [-0.1, -0.05) is 0 Å². The maximum Gasteiger partial charge on any atom is 0.303 e. The van der Waals surface area contributed by atoms with E-state index in [0.717, 1.165) is 6.42 Å². The molecule has 0 aromatic rings. The van der Waals surface area contributed by atoms with Crippen LogP contribution in [0.2, 0.25) is 0 Å². The van der Waals surface area contributed by atoms with Crippen molar-refractivity contribution < 1.29 is 19.2 Å². The molecule has 0 radical (unpaired) electrons. The molecule has 2 aliphatic heterocycles. The standard InChI is InChI=1S/C4H6O4/c1-2-5-4-6-3(1)7-8-4/h3-4H,1-2H2. The van der Waals surface area contributed by atoms with Crippen LogP contribution in [0.1, 0.15) is 6.42 Å². The van der Waals surface area contributed by atoms with Crippen molar-refractivity contribution in [3.8, 4) is 0 Å². The molecule has 2 aliphatic rings. The van der Waals surface area contributed by atoms with Crippen LogP contribution in [0.15, 0.2) is 0 Å². The summed E-state index contributed by atoms with van der Waals surface area (Å²) in [6.07, 6.45) is 0.574. The molecule has 0 saturated carbocycles. The van der Waals surface area contributed by atoms with Gasteiger partial charge in [0.15, 0.2) is 6.29 Å². The molecule has 0 amide bonds. The summed E-state index contributed by atoms with van der Waals surface area (Å²) in [5.74, 6) is 0. The van der Waals surface area contributed by atoms with Crippen molar-refractivity contribution in [1.29, 1.82) is 0 Å². The molecule has 2 bridgehead atoms. The highest BCUT2D eigenvalue weighted by atomic mass is 17.3. The molecule has 2 rings (SSSR count). The lowest BCUT2D eigenvalue weighted by Gasteiger charge is -2.13. The fraction of sp³-hybridized carbons (Fsp3) is 1.00. The zero-order valence-corrected chi connectivity index (χ0v) is 4.20. The van der Waals surface area contributed by atoms with Gasteiger partial charge in [0, 0.05) is 6.42 Å². The van der Waals surface area contributed by atoms with Crippen molar-refractivity contribution in [3.05, 3.63) is 0 Å². The summed E-state index contributed by atoms with van der Waals surface area (Å²) in [5, 5.41) is 0. The molecule has 46 valence electrons. The molecular formula is C4H6O4. The minimum atomic E-state index is -0.561. The van der Waals surface area contributed by atoms with E-state index >= 15 is 0 Å². The SMILES string of the molecule is C1CC2OOC(O1)O2. The Labute approximate surface area is 46.2 Å². The first-order valence-electron chi connectivity index (χ1n) is 2.54. The Balaban J connectivity index is 2.03. The van der Waals surface area contributed by atoms with Crippen LogP contribution in [-0.2, 0) is 19.2 Å². The van der Waals surface area contributed by atoms with Gasteiger partial charge < -0.3 is 4.74 Å². The van der Waals surface area contributed by atoms with Crippen molar-refractivity contribution >= 4 is 0 Å². The second-order valence-corrected chi connectivity index (χ2v) is 1.71. The van der Waals surface area contributed by atoms with Gasteiger partial charge in [0.05, 0.1) is 6.61 Å². The third-order valence-corrected chi connectivity index (χ3v) is 1.11. The Morgan fingerprint density at radius 2 is 2.25 bits per heavy atom. The van der Waals surface area contributed by atoms with Gasteiger partial charge in [-0.3, -0.25) is 4.74 Å². The maximum absolute atomic E-state index is 4.93. The summed E-state index contributed by atoms with van der Waals surface area (Å²) >= 11 is 0. The summed E-state index contributed by atoms with van der Waals surface area (Å²) in [5.41, 5.74) is 0. The number of rotatable bonds is 0. The van der Waals surface area contributed by atoms with E-state index in [9.17, 15) is 0 Å². The van der Waals surface area contributed by atoms with E-state index in [2.05, 4.69) is 9.78 Å². The first-order chi connectivity index (χ1) is 3.95. The van der Waals surface area contributed by atoms with Crippen molar-refractivity contribution in [1.82, 2.24) is 0 Å². The average molecular weight is 118 g/mol. The van der Waals surface area contributed by atoms with Crippen LogP contribution in [0.25, 0.3) is 0 Å². The van der Waals surface area contributed by atoms with E-state index < -0.39 is 6.48 Å². The van der Waals surface area contributed by atoms with Gasteiger partial charge in [0.2, 0.25) is 0 Å². The van der Waals surface area contributed by atoms with E-state index in [4.69, 9.17) is 9.47 Å². The van der Waals surface area contributed by atoms with Crippen molar-refractivity contribution in [2.75, 3.05) is 6.61 Å². The fourth-order valence-corrected chi connectivity index (χ4v) is 0.720. The largest absolute Gasteiger partial charge is 0.328 e. The topological polar surface area (TPSA) is 36.9 Å². The first kappa shape index (κ1) is 4.69. The fourth-order valence-electron chi connectivity index (χ4n) is 0.720. The van der Waals surface area contributed by atoms with E-state index in [0.29, 0.717) is 6.61 Å². The molecule has 0 N–H and O–H groups in total. The van der Waals surface area contributed by atoms with E-state index in [1.54, 1.807) is 0 Å². The molecule has 4 heteroatoms. The molecule has 0 aliphatic carbocycles. The number of fused-ring (bicyclic) bond motifs is 2. The molecular weight excluding hydrogens is 112 g/mol. The summed E-state index contributed by atoms with van der Waals surface area (Å²) in [7, 11) is 0. The van der Waals surface area contributed by atoms with Crippen molar-refractivity contribution in [2.45, 2.75) is 19.2 Å². The highest BCUT2D eigenvalue weighted by molar-refractivity contribution is 4.50. The van der Waals surface area contributed by atoms with Crippen molar-refractivity contribution in [2.24, 2.45) is 0 Å². The number of ether oxygens (including phenoxy) is 2. The van der Waals surface area contributed by atoms with Crippen LogP contribution in [0.4, 0.5) is 0 Å². The second kappa shape index (κ2) is 1.66. The summed E-state index contributed by atoms with van der Waals surface area (Å²) in [6, 6.07) is 0. The van der Waals surface area contributed by atoms with Gasteiger partial charge in [-0.15, -0.1) is 0 Å². The Bertz CT molecular complexity index is 80.0. The minimum absolute atomic E-state index is 0.186. The number of hydrogen-bond acceptors (Lipinski definition) is 4. The van der Waals surface area contributed by atoms with Crippen LogP contribution in [0, 0.1) is 0 Å². The summed E-state index contributed by atoms with van der Waals surface area (Å²) < 4.78 is 9.83. The molecule has 2 heterocycles. The van der Waals surface area contributed by atoms with Crippen molar-refractivity contribution in [3.63, 3.8) is 0 Å². The Kier molecular flexibility index (Phi) is 0.976. The van der Waals surface area contributed by atoms with Crippen LogP contribution in [-0.4, -0.2) is 19.4 Å². The minimum Gasteiger partial charge on any atom is -0.328 e. The van der Waals surface area contributed by atoms with Crippen LogP contribution < -0.4 is 0 Å². The van der Waals surface area contributed by atoms with Gasteiger partial charge >= 0.3 is 6.48 Å². The molecule has 2 unspecified atom stereocenters. The Morgan fingerprint density at radius 3 is 3.00 bits per heavy atom. The van der Waals surface area contributed by atoms with Crippen LogP contribution in [0.3, 0.4) is 0 Å². The lowest BCUT2D eigenvalue weighted by atomic mass is 10.4. The predicted octanol–water partition coefficient (Wildman–Crippen LogP) is -0.00520. The van der Waals surface area contributed by atoms with Crippen LogP contribution in [0.5, 0.6) is 0 Å². The van der Waals surface area contributed by atoms with Gasteiger partial charge in [0.1, 0.15) is 0 Å². The Hall–Kier alpha value is -0.160. The smallest absolute Gasteiger partial charge is 0.303 e. The molecule has 2 atom stereocenters. The Morgan fingerprint density at radius 1 is 1.25 bits per heavy atom. The predicted molar refractivity (Wildman–Crippen MR) is 21.4 cm³/mol. The van der Waals surface area contributed by atoms with Gasteiger partial charge in [-0.05, 0) is 0 Å². The zero-order chi connectivity index (χ0) is 5.40. The third-order valence-electron chi connectivity index (χ3n) is 1.11. The monoisotopic (exact) mass is 118 g/mol. The zero-order valence-electron chi connectivity index (χ0n) is 4.20. The maximum atomic E-state index is 4.93. The van der Waals surface area contributed by atoms with E-state index in [1.165, 1.54) is 0 Å². The quantitative estimate of drug-likeness (QED) is 0.419. The molecule has 8 heavy (non-hydrogen) atoms. The number of hydrogen-bond donors (Lipinski definition) is 0. The molecule has 2 saturated heterocycles. The average Bonchev–Trinajstić information content (AvgIpc) is 2.12. The van der Waals surface area contributed by atoms with E-state index in [1.807, 2.05) is 0 Å². The lowest BCUT2D eigenvalue weighted by Crippen LogP contribution is -2.23. The molecule has 0 aromatic carbocycles. The van der Waals surface area contributed by atoms with Gasteiger partial charge in [0.25, 0.3) is 0 Å². The summed E-state index contributed by atoms with van der Waals surface area (Å²) in [6.45, 7) is 0.101. The normalized spacial score (nSPS) is 45.0. The van der Waals surface area contributed by atoms with E-state index in [-0.39, 0.29) is 6.29 Å². The van der Waals surface area contributed by atoms with Gasteiger partial charge in [-0.25, -0.2) is 0 Å². The third kappa shape index (κ3) is 0.621. The van der Waals surface area contributed by atoms with Crippen LogP contribution >= 0.6 is 0 Å². The lowest BCUT2D eigenvalue weighted by molar-refractivity contribution is -0.338. The molecule has 0 spiro atoms. The first-order valence-corrected chi connectivity index (χ1v) is 2.54. The summed E-state index contributed by atoms with van der Waals surface area (Å²) in [4.78, 5) is 9.16.